The van der Waals surface area contributed by atoms with Crippen LogP contribution in [0.4, 0.5) is 0 Å². The molecule has 124 valence electrons. The smallest absolute Gasteiger partial charge is 0.141 e. The van der Waals surface area contributed by atoms with E-state index in [0.29, 0.717) is 0 Å². The van der Waals surface area contributed by atoms with Gasteiger partial charge in [0, 0.05) is 11.6 Å². The van der Waals surface area contributed by atoms with Crippen LogP contribution in [0.5, 0.6) is 0 Å². The topological polar surface area (TPSA) is 32.3 Å². The Labute approximate surface area is 140 Å². The molecule has 0 aromatic heterocycles. The molecule has 0 aliphatic heterocycles. The van der Waals surface area contributed by atoms with Crippen LogP contribution in [-0.4, -0.2) is 23.3 Å². The van der Waals surface area contributed by atoms with Gasteiger partial charge in [0.2, 0.25) is 0 Å². The van der Waals surface area contributed by atoms with Crippen molar-refractivity contribution < 1.29 is 5.11 Å². The van der Waals surface area contributed by atoms with E-state index in [1.807, 2.05) is 30.3 Å². The second-order valence-corrected chi connectivity index (χ2v) is 7.25. The van der Waals surface area contributed by atoms with Gasteiger partial charge in [-0.05, 0) is 56.7 Å². The number of hydrogen-bond donors (Lipinski definition) is 2. The fraction of sp³-hybridized carbons (Fsp3) is 0.619. The zero-order valence-corrected chi connectivity index (χ0v) is 14.1. The molecule has 2 N–H and O–H groups in total. The van der Waals surface area contributed by atoms with Crippen LogP contribution in [0, 0.1) is 17.8 Å². The number of benzene rings is 1. The summed E-state index contributed by atoms with van der Waals surface area (Å²) in [4.78, 5) is 0. The minimum Gasteiger partial charge on any atom is -0.376 e. The third kappa shape index (κ3) is 4.59. The first-order chi connectivity index (χ1) is 11.3. The molecule has 3 rings (SSSR count). The normalized spacial score (nSPS) is 28.8. The van der Waals surface area contributed by atoms with E-state index in [4.69, 9.17) is 0 Å². The summed E-state index contributed by atoms with van der Waals surface area (Å²) in [7, 11) is 0. The molecule has 0 heterocycles. The summed E-state index contributed by atoms with van der Waals surface area (Å²) in [6.45, 7) is 1.04. The first-order valence-electron chi connectivity index (χ1n) is 9.30. The molecule has 2 saturated carbocycles. The van der Waals surface area contributed by atoms with Crippen molar-refractivity contribution in [2.75, 3.05) is 6.54 Å². The number of nitrogens with one attached hydrogen (secondary N) is 1. The Morgan fingerprint density at radius 1 is 1.00 bits per heavy atom. The first-order valence-corrected chi connectivity index (χ1v) is 9.30. The van der Waals surface area contributed by atoms with Crippen molar-refractivity contribution in [3.8, 4) is 11.8 Å². The van der Waals surface area contributed by atoms with Crippen LogP contribution in [0.15, 0.2) is 30.3 Å². The SMILES string of the molecule is O[C@@]1(C#Cc2ccccc2)CCCC[C@@H]1NCC1CCCCC1. The van der Waals surface area contributed by atoms with Gasteiger partial charge in [0.15, 0.2) is 0 Å². The molecule has 2 atom stereocenters. The van der Waals surface area contributed by atoms with Gasteiger partial charge in [-0.2, -0.15) is 0 Å². The van der Waals surface area contributed by atoms with E-state index in [2.05, 4.69) is 17.2 Å². The summed E-state index contributed by atoms with van der Waals surface area (Å²) in [5, 5.41) is 14.8. The Morgan fingerprint density at radius 3 is 2.52 bits per heavy atom. The van der Waals surface area contributed by atoms with Crippen LogP contribution in [-0.2, 0) is 0 Å². The molecule has 2 aliphatic rings. The Hall–Kier alpha value is -1.30. The average molecular weight is 311 g/mol. The zero-order chi connectivity index (χ0) is 16.0. The summed E-state index contributed by atoms with van der Waals surface area (Å²) in [5.41, 5.74) is 0.112. The fourth-order valence-electron chi connectivity index (χ4n) is 3.98. The van der Waals surface area contributed by atoms with Crippen molar-refractivity contribution in [3.05, 3.63) is 35.9 Å². The van der Waals surface area contributed by atoms with Gasteiger partial charge < -0.3 is 10.4 Å². The summed E-state index contributed by atoms with van der Waals surface area (Å²) >= 11 is 0. The van der Waals surface area contributed by atoms with Crippen LogP contribution in [0.3, 0.4) is 0 Å². The molecule has 0 radical (unpaired) electrons. The Morgan fingerprint density at radius 2 is 1.74 bits per heavy atom. The minimum atomic E-state index is -0.872. The van der Waals surface area contributed by atoms with Crippen LogP contribution in [0.2, 0.25) is 0 Å². The van der Waals surface area contributed by atoms with Crippen LogP contribution in [0.25, 0.3) is 0 Å². The quantitative estimate of drug-likeness (QED) is 0.830. The third-order valence-electron chi connectivity index (χ3n) is 5.45. The van der Waals surface area contributed by atoms with Crippen molar-refractivity contribution in [1.82, 2.24) is 5.32 Å². The lowest BCUT2D eigenvalue weighted by Crippen LogP contribution is -2.53. The van der Waals surface area contributed by atoms with Gasteiger partial charge in [-0.1, -0.05) is 55.7 Å². The van der Waals surface area contributed by atoms with Gasteiger partial charge in [0.05, 0.1) is 0 Å². The van der Waals surface area contributed by atoms with Gasteiger partial charge in [-0.15, -0.1) is 0 Å². The standard InChI is InChI=1S/C21H29NO/c23-21(16-14-18-9-3-1-4-10-18)15-8-7-13-20(21)22-17-19-11-5-2-6-12-19/h1,3-4,9-10,19-20,22-23H,2,5-8,11-13,15,17H2/t20-,21+/m0/s1. The molecule has 0 spiro atoms. The lowest BCUT2D eigenvalue weighted by molar-refractivity contribution is 0.0240. The molecule has 0 amide bonds. The maximum atomic E-state index is 11.1. The number of hydrogen-bond acceptors (Lipinski definition) is 2. The monoisotopic (exact) mass is 311 g/mol. The highest BCUT2D eigenvalue weighted by molar-refractivity contribution is 5.36. The van der Waals surface area contributed by atoms with Crippen molar-refractivity contribution in [3.63, 3.8) is 0 Å². The van der Waals surface area contributed by atoms with Crippen LogP contribution >= 0.6 is 0 Å². The summed E-state index contributed by atoms with van der Waals surface area (Å²) in [6, 6.07) is 10.1. The van der Waals surface area contributed by atoms with Crippen molar-refractivity contribution in [2.24, 2.45) is 5.92 Å². The van der Waals surface area contributed by atoms with Gasteiger partial charge in [-0.3, -0.25) is 0 Å². The summed E-state index contributed by atoms with van der Waals surface area (Å²) < 4.78 is 0. The largest absolute Gasteiger partial charge is 0.376 e. The third-order valence-corrected chi connectivity index (χ3v) is 5.45. The maximum absolute atomic E-state index is 11.1. The van der Waals surface area contributed by atoms with E-state index < -0.39 is 5.60 Å². The second kappa shape index (κ2) is 7.99. The van der Waals surface area contributed by atoms with Crippen molar-refractivity contribution in [1.29, 1.82) is 0 Å². The number of rotatable bonds is 3. The highest BCUT2D eigenvalue weighted by atomic mass is 16.3. The van der Waals surface area contributed by atoms with Gasteiger partial charge in [0.1, 0.15) is 5.60 Å². The maximum Gasteiger partial charge on any atom is 0.141 e. The van der Waals surface area contributed by atoms with Gasteiger partial charge in [0.25, 0.3) is 0 Å². The van der Waals surface area contributed by atoms with Gasteiger partial charge in [-0.25, -0.2) is 0 Å². The average Bonchev–Trinajstić information content (AvgIpc) is 2.61. The van der Waals surface area contributed by atoms with E-state index in [9.17, 15) is 5.11 Å². The predicted molar refractivity (Wildman–Crippen MR) is 95.1 cm³/mol. The Balaban J connectivity index is 1.63. The summed E-state index contributed by atoms with van der Waals surface area (Å²) in [6.07, 6.45) is 10.9. The van der Waals surface area contributed by atoms with E-state index in [1.54, 1.807) is 0 Å². The van der Waals surface area contributed by atoms with E-state index in [0.717, 1.165) is 37.3 Å². The first kappa shape index (κ1) is 16.6. The lowest BCUT2D eigenvalue weighted by atomic mass is 9.80. The van der Waals surface area contributed by atoms with Gasteiger partial charge >= 0.3 is 0 Å². The molecule has 0 bridgehead atoms. The predicted octanol–water partition coefficient (Wildman–Crippen LogP) is 3.88. The molecule has 0 saturated heterocycles. The van der Waals surface area contributed by atoms with Crippen LogP contribution < -0.4 is 5.32 Å². The molecule has 0 unspecified atom stereocenters. The molecule has 2 heteroatoms. The Bertz CT molecular complexity index is 538. The minimum absolute atomic E-state index is 0.120. The zero-order valence-electron chi connectivity index (χ0n) is 14.1. The van der Waals surface area contributed by atoms with E-state index >= 15 is 0 Å². The molecule has 1 aromatic rings. The van der Waals surface area contributed by atoms with Crippen molar-refractivity contribution >= 4 is 0 Å². The fourth-order valence-corrected chi connectivity index (χ4v) is 3.98. The second-order valence-electron chi connectivity index (χ2n) is 7.25. The molecule has 23 heavy (non-hydrogen) atoms. The lowest BCUT2D eigenvalue weighted by Gasteiger charge is -2.38. The number of aliphatic hydroxyl groups is 1. The Kier molecular flexibility index (Phi) is 5.75. The van der Waals surface area contributed by atoms with E-state index in [-0.39, 0.29) is 6.04 Å². The molecular formula is C21H29NO. The van der Waals surface area contributed by atoms with E-state index in [1.165, 1.54) is 38.5 Å². The molecule has 1 aromatic carbocycles. The highest BCUT2D eigenvalue weighted by Gasteiger charge is 2.37. The molecule has 2 aliphatic carbocycles. The highest BCUT2D eigenvalue weighted by Crippen LogP contribution is 2.29. The van der Waals surface area contributed by atoms with Crippen molar-refractivity contribution in [2.45, 2.75) is 69.4 Å². The molecular weight excluding hydrogens is 282 g/mol. The molecule has 2 fully saturated rings. The van der Waals surface area contributed by atoms with Crippen LogP contribution in [0.1, 0.15) is 63.4 Å². The molecule has 2 nitrogen and oxygen atoms in total. The summed E-state index contributed by atoms with van der Waals surface area (Å²) in [5.74, 6) is 7.17.